The highest BCUT2D eigenvalue weighted by Gasteiger charge is 2.16. The molecule has 0 radical (unpaired) electrons. The molecule has 5 nitrogen and oxygen atoms in total. The van der Waals surface area contributed by atoms with E-state index in [0.29, 0.717) is 29.4 Å². The van der Waals surface area contributed by atoms with Crippen molar-refractivity contribution in [3.63, 3.8) is 0 Å². The number of esters is 1. The summed E-state index contributed by atoms with van der Waals surface area (Å²) in [5, 5.41) is 0.500. The van der Waals surface area contributed by atoms with E-state index in [2.05, 4.69) is 0 Å². The SMILES string of the molecule is CCCCOC(=O)CC(N)Cc1cc(F)cc2cc(C=O)oc12. The first-order chi connectivity index (χ1) is 11.0. The van der Waals surface area contributed by atoms with Gasteiger partial charge in [-0.15, -0.1) is 0 Å². The molecule has 0 aliphatic rings. The summed E-state index contributed by atoms with van der Waals surface area (Å²) in [6.07, 6.45) is 2.61. The van der Waals surface area contributed by atoms with Crippen molar-refractivity contribution in [3.8, 4) is 0 Å². The molecule has 124 valence electrons. The minimum atomic E-state index is -0.515. The lowest BCUT2D eigenvalue weighted by Crippen LogP contribution is -2.27. The summed E-state index contributed by atoms with van der Waals surface area (Å²) in [6, 6.07) is 3.56. The standard InChI is InChI=1S/C17H20FNO4/c1-2-3-4-22-16(21)9-14(19)7-11-5-13(18)6-12-8-15(10-20)23-17(11)12/h5-6,8,10,14H,2-4,7,9,19H2,1H3. The number of hydrogen-bond donors (Lipinski definition) is 1. The minimum absolute atomic E-state index is 0.0446. The van der Waals surface area contributed by atoms with Crippen LogP contribution in [0.3, 0.4) is 0 Å². The van der Waals surface area contributed by atoms with Crippen molar-refractivity contribution < 1.29 is 23.1 Å². The maximum atomic E-state index is 13.7. The fourth-order valence-corrected chi connectivity index (χ4v) is 2.37. The molecule has 0 fully saturated rings. The Kier molecular flexibility index (Phi) is 5.87. The van der Waals surface area contributed by atoms with Gasteiger partial charge in [0.1, 0.15) is 11.4 Å². The van der Waals surface area contributed by atoms with Crippen LogP contribution < -0.4 is 5.73 Å². The number of carbonyl (C=O) groups excluding carboxylic acids is 2. The lowest BCUT2D eigenvalue weighted by atomic mass is 10.0. The number of benzene rings is 1. The fraction of sp³-hybridized carbons (Fsp3) is 0.412. The van der Waals surface area contributed by atoms with E-state index >= 15 is 0 Å². The Morgan fingerprint density at radius 1 is 1.43 bits per heavy atom. The fourth-order valence-electron chi connectivity index (χ4n) is 2.37. The van der Waals surface area contributed by atoms with Gasteiger partial charge in [-0.1, -0.05) is 13.3 Å². The zero-order valence-electron chi connectivity index (χ0n) is 13.0. The Hall–Kier alpha value is -2.21. The molecule has 6 heteroatoms. The number of nitrogens with two attached hydrogens (primary N) is 1. The summed E-state index contributed by atoms with van der Waals surface area (Å²) in [5.74, 6) is -0.686. The number of ether oxygens (including phenoxy) is 1. The van der Waals surface area contributed by atoms with Crippen molar-refractivity contribution in [2.45, 2.75) is 38.6 Å². The highest BCUT2D eigenvalue weighted by Crippen LogP contribution is 2.25. The van der Waals surface area contributed by atoms with Crippen molar-refractivity contribution >= 4 is 23.2 Å². The van der Waals surface area contributed by atoms with Gasteiger partial charge in [0.2, 0.25) is 0 Å². The quantitative estimate of drug-likeness (QED) is 0.459. The molecule has 0 saturated carbocycles. The van der Waals surface area contributed by atoms with Gasteiger partial charge < -0.3 is 14.9 Å². The van der Waals surface area contributed by atoms with Gasteiger partial charge in [-0.05, 0) is 36.6 Å². The van der Waals surface area contributed by atoms with E-state index in [0.717, 1.165) is 12.8 Å². The van der Waals surface area contributed by atoms with E-state index < -0.39 is 11.9 Å². The molecule has 0 amide bonds. The first-order valence-corrected chi connectivity index (χ1v) is 7.61. The molecule has 1 aromatic heterocycles. The van der Waals surface area contributed by atoms with Crippen LogP contribution in [0.25, 0.3) is 11.0 Å². The van der Waals surface area contributed by atoms with Gasteiger partial charge in [-0.2, -0.15) is 0 Å². The third kappa shape index (κ3) is 4.63. The molecular formula is C17H20FNO4. The largest absolute Gasteiger partial charge is 0.466 e. The van der Waals surface area contributed by atoms with E-state index in [4.69, 9.17) is 14.9 Å². The van der Waals surface area contributed by atoms with Crippen molar-refractivity contribution in [3.05, 3.63) is 35.3 Å². The Labute approximate surface area is 133 Å². The Morgan fingerprint density at radius 3 is 2.91 bits per heavy atom. The number of aldehydes is 1. The maximum Gasteiger partial charge on any atom is 0.307 e. The van der Waals surface area contributed by atoms with Crippen LogP contribution in [0.4, 0.5) is 4.39 Å². The van der Waals surface area contributed by atoms with Gasteiger partial charge in [0.15, 0.2) is 12.0 Å². The van der Waals surface area contributed by atoms with Crippen LogP contribution in [0.5, 0.6) is 0 Å². The average Bonchev–Trinajstić information content (AvgIpc) is 2.90. The van der Waals surface area contributed by atoms with Gasteiger partial charge in [-0.3, -0.25) is 9.59 Å². The number of halogens is 1. The zero-order chi connectivity index (χ0) is 16.8. The van der Waals surface area contributed by atoms with Crippen LogP contribution >= 0.6 is 0 Å². The topological polar surface area (TPSA) is 82.5 Å². The number of furan rings is 1. The molecule has 0 spiro atoms. The van der Waals surface area contributed by atoms with Crippen LogP contribution in [0.2, 0.25) is 0 Å². The summed E-state index contributed by atoms with van der Waals surface area (Å²) in [5.41, 5.74) is 6.91. The molecule has 0 aliphatic heterocycles. The molecule has 1 heterocycles. The van der Waals surface area contributed by atoms with Gasteiger partial charge in [-0.25, -0.2) is 4.39 Å². The second kappa shape index (κ2) is 7.87. The number of hydrogen-bond acceptors (Lipinski definition) is 5. The molecule has 1 atom stereocenters. The van der Waals surface area contributed by atoms with Gasteiger partial charge in [0.05, 0.1) is 13.0 Å². The van der Waals surface area contributed by atoms with Gasteiger partial charge >= 0.3 is 5.97 Å². The third-order valence-electron chi connectivity index (χ3n) is 3.47. The smallest absolute Gasteiger partial charge is 0.307 e. The van der Waals surface area contributed by atoms with Gasteiger partial charge in [0, 0.05) is 11.4 Å². The molecule has 0 saturated heterocycles. The molecule has 23 heavy (non-hydrogen) atoms. The summed E-state index contributed by atoms with van der Waals surface area (Å²) in [6.45, 7) is 2.39. The molecule has 1 aromatic carbocycles. The Bertz CT molecular complexity index is 695. The number of rotatable bonds is 8. The second-order valence-corrected chi connectivity index (χ2v) is 5.49. The summed E-state index contributed by atoms with van der Waals surface area (Å²) >= 11 is 0. The zero-order valence-corrected chi connectivity index (χ0v) is 13.0. The molecular weight excluding hydrogens is 301 g/mol. The van der Waals surface area contributed by atoms with Crippen molar-refractivity contribution in [1.82, 2.24) is 0 Å². The Morgan fingerprint density at radius 2 is 2.22 bits per heavy atom. The number of fused-ring (bicyclic) bond motifs is 1. The number of unbranched alkanes of at least 4 members (excludes halogenated alkanes) is 1. The van der Waals surface area contributed by atoms with E-state index in [-0.39, 0.29) is 24.6 Å². The maximum absolute atomic E-state index is 13.7. The molecule has 0 aliphatic carbocycles. The van der Waals surface area contributed by atoms with Crippen molar-refractivity contribution in [1.29, 1.82) is 0 Å². The highest BCUT2D eigenvalue weighted by molar-refractivity contribution is 5.87. The van der Waals surface area contributed by atoms with Crippen LogP contribution in [0, 0.1) is 5.82 Å². The third-order valence-corrected chi connectivity index (χ3v) is 3.47. The first kappa shape index (κ1) is 17.1. The predicted octanol–water partition coefficient (Wildman–Crippen LogP) is 2.99. The van der Waals surface area contributed by atoms with E-state index in [1.54, 1.807) is 0 Å². The monoisotopic (exact) mass is 321 g/mol. The Balaban J connectivity index is 2.06. The summed E-state index contributed by atoms with van der Waals surface area (Å²) in [7, 11) is 0. The average molecular weight is 321 g/mol. The molecule has 2 N–H and O–H groups in total. The van der Waals surface area contributed by atoms with E-state index in [9.17, 15) is 14.0 Å². The van der Waals surface area contributed by atoms with Crippen LogP contribution in [0.1, 0.15) is 42.3 Å². The summed E-state index contributed by atoms with van der Waals surface area (Å²) < 4.78 is 24.1. The lowest BCUT2D eigenvalue weighted by molar-refractivity contribution is -0.144. The first-order valence-electron chi connectivity index (χ1n) is 7.61. The normalized spacial score (nSPS) is 12.3. The molecule has 2 aromatic rings. The van der Waals surface area contributed by atoms with Crippen molar-refractivity contribution in [2.75, 3.05) is 6.61 Å². The summed E-state index contributed by atoms with van der Waals surface area (Å²) in [4.78, 5) is 22.4. The van der Waals surface area contributed by atoms with Crippen molar-refractivity contribution in [2.24, 2.45) is 5.73 Å². The number of carbonyl (C=O) groups is 2. The van der Waals surface area contributed by atoms with E-state index in [1.807, 2.05) is 6.92 Å². The lowest BCUT2D eigenvalue weighted by Gasteiger charge is -2.12. The predicted molar refractivity (Wildman–Crippen MR) is 83.7 cm³/mol. The van der Waals surface area contributed by atoms with Crippen LogP contribution in [-0.4, -0.2) is 24.9 Å². The van der Waals surface area contributed by atoms with E-state index in [1.165, 1.54) is 18.2 Å². The molecule has 2 rings (SSSR count). The van der Waals surface area contributed by atoms with Gasteiger partial charge in [0.25, 0.3) is 0 Å². The van der Waals surface area contributed by atoms with Crippen LogP contribution in [-0.2, 0) is 16.0 Å². The molecule has 0 bridgehead atoms. The second-order valence-electron chi connectivity index (χ2n) is 5.49. The highest BCUT2D eigenvalue weighted by atomic mass is 19.1. The van der Waals surface area contributed by atoms with Crippen LogP contribution in [0.15, 0.2) is 22.6 Å². The molecule has 1 unspecified atom stereocenters. The minimum Gasteiger partial charge on any atom is -0.466 e.